The molecule has 2 aromatic rings. The zero-order valence-corrected chi connectivity index (χ0v) is 13.5. The summed E-state index contributed by atoms with van der Waals surface area (Å²) in [5, 5.41) is 2.73. The van der Waals surface area contributed by atoms with Crippen LogP contribution in [0.3, 0.4) is 0 Å². The molecule has 25 heavy (non-hydrogen) atoms. The maximum absolute atomic E-state index is 12.5. The number of ether oxygens (including phenoxy) is 1. The van der Waals surface area contributed by atoms with E-state index < -0.39 is 11.8 Å². The van der Waals surface area contributed by atoms with E-state index in [1.807, 2.05) is 24.3 Å². The first-order valence-corrected chi connectivity index (χ1v) is 7.64. The van der Waals surface area contributed by atoms with Crippen molar-refractivity contribution < 1.29 is 22.7 Å². The predicted octanol–water partition coefficient (Wildman–Crippen LogP) is 4.68. The smallest absolute Gasteiger partial charge is 0.406 e. The van der Waals surface area contributed by atoms with Crippen molar-refractivity contribution in [1.29, 1.82) is 0 Å². The number of carbonyl (C=O) groups excluding carboxylic acids is 1. The van der Waals surface area contributed by atoms with E-state index in [0.717, 1.165) is 11.1 Å². The molecule has 0 bridgehead atoms. The van der Waals surface area contributed by atoms with Crippen LogP contribution in [0, 0.1) is 0 Å². The first kappa shape index (κ1) is 17.1. The summed E-state index contributed by atoms with van der Waals surface area (Å²) in [6.07, 6.45) is -2.70. The van der Waals surface area contributed by atoms with Gasteiger partial charge in [-0.15, -0.1) is 13.2 Å². The summed E-state index contributed by atoms with van der Waals surface area (Å²) in [6, 6.07) is 11.4. The summed E-state index contributed by atoms with van der Waals surface area (Å²) >= 11 is 0. The van der Waals surface area contributed by atoms with E-state index in [-0.39, 0.29) is 11.7 Å². The third-order valence-electron chi connectivity index (χ3n) is 4.34. The van der Waals surface area contributed by atoms with Gasteiger partial charge < -0.3 is 10.1 Å². The predicted molar refractivity (Wildman–Crippen MR) is 89.3 cm³/mol. The molecule has 0 saturated carbocycles. The van der Waals surface area contributed by atoms with Crippen molar-refractivity contribution in [3.63, 3.8) is 0 Å². The number of rotatable bonds is 4. The average Bonchev–Trinajstić information content (AvgIpc) is 2.78. The highest BCUT2D eigenvalue weighted by atomic mass is 19.4. The van der Waals surface area contributed by atoms with Crippen LogP contribution in [0.1, 0.15) is 23.6 Å². The van der Waals surface area contributed by atoms with Crippen molar-refractivity contribution in [2.45, 2.75) is 25.1 Å². The van der Waals surface area contributed by atoms with Crippen LogP contribution in [-0.4, -0.2) is 12.3 Å². The zero-order valence-electron chi connectivity index (χ0n) is 13.5. The molecule has 0 spiro atoms. The maximum Gasteiger partial charge on any atom is 0.573 e. The lowest BCUT2D eigenvalue weighted by atomic mass is 9.78. The van der Waals surface area contributed by atoms with E-state index in [4.69, 9.17) is 0 Å². The van der Waals surface area contributed by atoms with E-state index in [2.05, 4.69) is 16.6 Å². The van der Waals surface area contributed by atoms with Crippen LogP contribution in [0.2, 0.25) is 0 Å². The van der Waals surface area contributed by atoms with Gasteiger partial charge in [-0.05, 0) is 48.2 Å². The number of alkyl halides is 3. The topological polar surface area (TPSA) is 38.3 Å². The van der Waals surface area contributed by atoms with Gasteiger partial charge in [-0.1, -0.05) is 36.9 Å². The molecule has 6 heteroatoms. The Kier molecular flexibility index (Phi) is 4.06. The Morgan fingerprint density at radius 3 is 2.48 bits per heavy atom. The van der Waals surface area contributed by atoms with Gasteiger partial charge in [0, 0.05) is 5.69 Å². The van der Waals surface area contributed by atoms with E-state index >= 15 is 0 Å². The highest BCUT2D eigenvalue weighted by Gasteiger charge is 2.43. The van der Waals surface area contributed by atoms with Crippen LogP contribution in [0.5, 0.6) is 5.75 Å². The summed E-state index contributed by atoms with van der Waals surface area (Å²) in [7, 11) is 0. The van der Waals surface area contributed by atoms with Crippen molar-refractivity contribution >= 4 is 17.7 Å². The molecule has 1 heterocycles. The third kappa shape index (κ3) is 3.38. The molecule has 0 saturated heterocycles. The monoisotopic (exact) mass is 347 g/mol. The lowest BCUT2D eigenvalue weighted by molar-refractivity contribution is -0.274. The van der Waals surface area contributed by atoms with Gasteiger partial charge in [-0.25, -0.2) is 0 Å². The number of hydrogen-bond donors (Lipinski definition) is 1. The lowest BCUT2D eigenvalue weighted by Gasteiger charge is -2.23. The van der Waals surface area contributed by atoms with Gasteiger partial charge in [-0.2, -0.15) is 0 Å². The fraction of sp³-hybridized carbons (Fsp3) is 0.211. The second-order valence-electron chi connectivity index (χ2n) is 6.16. The Labute approximate surface area is 143 Å². The Balaban J connectivity index is 1.95. The zero-order chi connectivity index (χ0) is 18.2. The van der Waals surface area contributed by atoms with Crippen LogP contribution in [-0.2, 0) is 16.6 Å². The molecular weight excluding hydrogens is 331 g/mol. The largest absolute Gasteiger partial charge is 0.573 e. The number of halogens is 3. The van der Waals surface area contributed by atoms with Crippen LogP contribution >= 0.6 is 0 Å². The van der Waals surface area contributed by atoms with Crippen molar-refractivity contribution in [1.82, 2.24) is 0 Å². The van der Waals surface area contributed by atoms with Crippen molar-refractivity contribution in [3.8, 4) is 5.75 Å². The maximum atomic E-state index is 12.5. The molecule has 1 atom stereocenters. The van der Waals surface area contributed by atoms with Gasteiger partial charge in [-0.3, -0.25) is 4.79 Å². The average molecular weight is 347 g/mol. The van der Waals surface area contributed by atoms with Gasteiger partial charge in [0.1, 0.15) is 5.75 Å². The molecule has 1 aliphatic heterocycles. The number of anilines is 1. The van der Waals surface area contributed by atoms with Gasteiger partial charge in [0.2, 0.25) is 5.91 Å². The molecule has 1 amide bonds. The van der Waals surface area contributed by atoms with E-state index in [1.165, 1.54) is 18.2 Å². The Morgan fingerprint density at radius 2 is 1.88 bits per heavy atom. The number of fused-ring (bicyclic) bond motifs is 1. The fourth-order valence-corrected chi connectivity index (χ4v) is 3.02. The minimum atomic E-state index is -4.78. The van der Waals surface area contributed by atoms with Crippen LogP contribution < -0.4 is 10.1 Å². The first-order chi connectivity index (χ1) is 11.7. The quantitative estimate of drug-likeness (QED) is 0.872. The molecule has 0 aromatic heterocycles. The van der Waals surface area contributed by atoms with Crippen LogP contribution in [0.25, 0.3) is 6.08 Å². The molecule has 1 aliphatic rings. The number of carbonyl (C=O) groups is 1. The minimum absolute atomic E-state index is 0.251. The van der Waals surface area contributed by atoms with Gasteiger partial charge >= 0.3 is 6.36 Å². The number of hydrogen-bond acceptors (Lipinski definition) is 2. The highest BCUT2D eigenvalue weighted by molar-refractivity contribution is 6.06. The number of nitrogens with one attached hydrogen (secondary N) is 1. The van der Waals surface area contributed by atoms with Crippen LogP contribution in [0.4, 0.5) is 18.9 Å². The molecule has 0 aliphatic carbocycles. The fourth-order valence-electron chi connectivity index (χ4n) is 3.02. The summed E-state index contributed by atoms with van der Waals surface area (Å²) in [4.78, 5) is 12.5. The van der Waals surface area contributed by atoms with Crippen molar-refractivity contribution in [2.75, 3.05) is 5.32 Å². The summed E-state index contributed by atoms with van der Waals surface area (Å²) in [5.41, 5.74) is 1.87. The normalized spacial score (nSPS) is 19.3. The first-order valence-electron chi connectivity index (χ1n) is 7.64. The molecular formula is C19H16F3NO2. The molecule has 3 nitrogen and oxygen atoms in total. The molecule has 2 aromatic carbocycles. The Hall–Kier alpha value is -2.76. The van der Waals surface area contributed by atoms with Gasteiger partial charge in [0.25, 0.3) is 0 Å². The molecule has 0 radical (unpaired) electrons. The minimum Gasteiger partial charge on any atom is -0.406 e. The summed E-state index contributed by atoms with van der Waals surface area (Å²) in [5.74, 6) is -0.588. The van der Waals surface area contributed by atoms with Crippen molar-refractivity contribution in [2.24, 2.45) is 0 Å². The van der Waals surface area contributed by atoms with E-state index in [1.54, 1.807) is 13.0 Å². The summed E-state index contributed by atoms with van der Waals surface area (Å²) < 4.78 is 41.4. The molecule has 1 N–H and O–H groups in total. The van der Waals surface area contributed by atoms with Gasteiger partial charge in [0.05, 0.1) is 5.41 Å². The molecule has 3 rings (SSSR count). The van der Waals surface area contributed by atoms with Gasteiger partial charge in [0.15, 0.2) is 0 Å². The van der Waals surface area contributed by atoms with E-state index in [9.17, 15) is 18.0 Å². The molecule has 130 valence electrons. The second kappa shape index (κ2) is 5.95. The number of amides is 1. The lowest BCUT2D eigenvalue weighted by Crippen LogP contribution is -2.33. The number of benzene rings is 2. The standard InChI is InChI=1S/C19H16F3NO2/c1-3-12-4-6-13(7-5-12)11-18(2)15-10-14(25-19(20,21)22)8-9-16(15)23-17(18)24/h3-10H,1,11H2,2H3,(H,23,24). The van der Waals surface area contributed by atoms with E-state index in [0.29, 0.717) is 17.7 Å². The van der Waals surface area contributed by atoms with Crippen LogP contribution in [0.15, 0.2) is 49.0 Å². The summed E-state index contributed by atoms with van der Waals surface area (Å²) in [6.45, 7) is 5.40. The SMILES string of the molecule is C=Cc1ccc(CC2(C)C(=O)Nc3ccc(OC(F)(F)F)cc32)cc1. The molecule has 1 unspecified atom stereocenters. The van der Waals surface area contributed by atoms with Crippen molar-refractivity contribution in [3.05, 3.63) is 65.7 Å². The Morgan fingerprint density at radius 1 is 1.20 bits per heavy atom. The second-order valence-corrected chi connectivity index (χ2v) is 6.16. The third-order valence-corrected chi connectivity index (χ3v) is 4.34. The molecule has 0 fully saturated rings. The Bertz CT molecular complexity index is 828. The highest BCUT2D eigenvalue weighted by Crippen LogP contribution is 2.42.